The molecular formula is C25H29N3O6S. The van der Waals surface area contributed by atoms with Crippen molar-refractivity contribution in [3.05, 3.63) is 53.6 Å². The van der Waals surface area contributed by atoms with Crippen molar-refractivity contribution in [2.75, 3.05) is 18.4 Å². The van der Waals surface area contributed by atoms with Gasteiger partial charge in [-0.3, -0.25) is 19.3 Å². The molecule has 35 heavy (non-hydrogen) atoms. The van der Waals surface area contributed by atoms with Crippen LogP contribution in [0.3, 0.4) is 0 Å². The lowest BCUT2D eigenvalue weighted by Gasteiger charge is -2.26. The molecule has 2 aromatic rings. The Balaban J connectivity index is 1.61. The van der Waals surface area contributed by atoms with Crippen LogP contribution in [-0.4, -0.2) is 60.6 Å². The molecule has 1 atom stereocenters. The maximum atomic E-state index is 13.2. The number of ether oxygens (including phenoxy) is 1. The van der Waals surface area contributed by atoms with Crippen molar-refractivity contribution in [1.82, 2.24) is 9.21 Å². The van der Waals surface area contributed by atoms with E-state index in [1.807, 2.05) is 13.8 Å². The van der Waals surface area contributed by atoms with Crippen molar-refractivity contribution < 1.29 is 27.5 Å². The summed E-state index contributed by atoms with van der Waals surface area (Å²) in [5.74, 6) is -1.44. The molecular weight excluding hydrogens is 470 g/mol. The molecule has 1 saturated heterocycles. The molecule has 0 spiro atoms. The minimum absolute atomic E-state index is 0.0409. The van der Waals surface area contributed by atoms with Crippen LogP contribution in [0.4, 0.5) is 5.69 Å². The van der Waals surface area contributed by atoms with E-state index >= 15 is 0 Å². The Labute approximate surface area is 205 Å². The number of sulfonamides is 1. The summed E-state index contributed by atoms with van der Waals surface area (Å²) in [6.45, 7) is 5.97. The van der Waals surface area contributed by atoms with E-state index in [1.165, 1.54) is 29.4 Å². The molecule has 9 nitrogen and oxygen atoms in total. The Hall–Kier alpha value is -3.24. The predicted molar refractivity (Wildman–Crippen MR) is 130 cm³/mol. The third kappa shape index (κ3) is 4.81. The molecule has 2 heterocycles. The molecule has 0 saturated carbocycles. The van der Waals surface area contributed by atoms with Crippen LogP contribution in [0.1, 0.15) is 60.7 Å². The molecule has 186 valence electrons. The molecule has 0 aliphatic carbocycles. The van der Waals surface area contributed by atoms with Crippen LogP contribution in [0.5, 0.6) is 5.75 Å². The van der Waals surface area contributed by atoms with Gasteiger partial charge in [-0.1, -0.05) is 18.6 Å². The van der Waals surface area contributed by atoms with Crippen molar-refractivity contribution in [3.8, 4) is 5.75 Å². The quantitative estimate of drug-likeness (QED) is 0.585. The fourth-order valence-electron chi connectivity index (χ4n) is 4.29. The zero-order chi connectivity index (χ0) is 25.3. The average Bonchev–Trinajstić information content (AvgIpc) is 3.10. The van der Waals surface area contributed by atoms with Gasteiger partial charge in [0, 0.05) is 13.1 Å². The standard InChI is InChI=1S/C25H29N3O6S/c1-16(2)34-22-12-11-18(35(32,33)27-13-7-4-8-14-27)15-21(22)26-23(29)17(3)28-24(30)19-9-5-6-10-20(19)25(28)31/h5-6,9-12,15-17H,4,7-8,13-14H2,1-3H3,(H,26,29). The first-order valence-electron chi connectivity index (χ1n) is 11.7. The summed E-state index contributed by atoms with van der Waals surface area (Å²) < 4.78 is 33.6. The summed E-state index contributed by atoms with van der Waals surface area (Å²) in [7, 11) is -3.75. The van der Waals surface area contributed by atoms with Gasteiger partial charge in [-0.05, 0) is 63.9 Å². The molecule has 2 aromatic carbocycles. The van der Waals surface area contributed by atoms with E-state index in [-0.39, 0.29) is 27.8 Å². The highest BCUT2D eigenvalue weighted by atomic mass is 32.2. The number of imide groups is 1. The molecule has 0 bridgehead atoms. The zero-order valence-corrected chi connectivity index (χ0v) is 20.8. The summed E-state index contributed by atoms with van der Waals surface area (Å²) in [6, 6.07) is 9.62. The van der Waals surface area contributed by atoms with E-state index < -0.39 is 33.8 Å². The zero-order valence-electron chi connectivity index (χ0n) is 20.0. The summed E-state index contributed by atoms with van der Waals surface area (Å²) in [6.07, 6.45) is 2.36. The largest absolute Gasteiger partial charge is 0.489 e. The number of carbonyl (C=O) groups is 3. The number of rotatable bonds is 7. The Bertz CT molecular complexity index is 1230. The van der Waals surface area contributed by atoms with Crippen molar-refractivity contribution >= 4 is 33.4 Å². The van der Waals surface area contributed by atoms with Crippen LogP contribution in [-0.2, 0) is 14.8 Å². The van der Waals surface area contributed by atoms with Crippen LogP contribution in [0.25, 0.3) is 0 Å². The molecule has 1 fully saturated rings. The minimum Gasteiger partial charge on any atom is -0.489 e. The number of fused-ring (bicyclic) bond motifs is 1. The van der Waals surface area contributed by atoms with Crippen molar-refractivity contribution in [2.24, 2.45) is 0 Å². The van der Waals surface area contributed by atoms with Gasteiger partial charge in [0.25, 0.3) is 11.8 Å². The average molecular weight is 500 g/mol. The second-order valence-electron chi connectivity index (χ2n) is 8.98. The van der Waals surface area contributed by atoms with Gasteiger partial charge in [-0.25, -0.2) is 8.42 Å². The Kier molecular flexibility index (Phi) is 6.95. The number of nitrogens with one attached hydrogen (secondary N) is 1. The number of benzene rings is 2. The van der Waals surface area contributed by atoms with Gasteiger partial charge in [0.05, 0.1) is 27.8 Å². The highest BCUT2D eigenvalue weighted by Gasteiger charge is 2.40. The maximum Gasteiger partial charge on any atom is 0.262 e. The SMILES string of the molecule is CC(C)Oc1ccc(S(=O)(=O)N2CCCCC2)cc1NC(=O)C(C)N1C(=O)c2ccccc2C1=O. The number of hydrogen-bond acceptors (Lipinski definition) is 6. The molecule has 2 aliphatic heterocycles. The lowest BCUT2D eigenvalue weighted by molar-refractivity contribution is -0.119. The van der Waals surface area contributed by atoms with E-state index in [9.17, 15) is 22.8 Å². The topological polar surface area (TPSA) is 113 Å². The van der Waals surface area contributed by atoms with Crippen LogP contribution in [0.15, 0.2) is 47.4 Å². The predicted octanol–water partition coefficient (Wildman–Crippen LogP) is 3.27. The van der Waals surface area contributed by atoms with Gasteiger partial charge >= 0.3 is 0 Å². The highest BCUT2D eigenvalue weighted by Crippen LogP contribution is 2.32. The van der Waals surface area contributed by atoms with Gasteiger partial charge in [0.1, 0.15) is 11.8 Å². The number of anilines is 1. The lowest BCUT2D eigenvalue weighted by atomic mass is 10.1. The van der Waals surface area contributed by atoms with Crippen LogP contribution in [0.2, 0.25) is 0 Å². The first-order chi connectivity index (χ1) is 16.6. The Morgan fingerprint density at radius 2 is 1.54 bits per heavy atom. The molecule has 4 rings (SSSR count). The molecule has 0 radical (unpaired) electrons. The Morgan fingerprint density at radius 1 is 0.943 bits per heavy atom. The minimum atomic E-state index is -3.75. The number of carbonyl (C=O) groups excluding carboxylic acids is 3. The van der Waals surface area contributed by atoms with Gasteiger partial charge < -0.3 is 10.1 Å². The van der Waals surface area contributed by atoms with Crippen molar-refractivity contribution in [3.63, 3.8) is 0 Å². The second-order valence-corrected chi connectivity index (χ2v) is 10.9. The number of amides is 3. The lowest BCUT2D eigenvalue weighted by Crippen LogP contribution is -2.45. The molecule has 0 aromatic heterocycles. The third-order valence-corrected chi connectivity index (χ3v) is 8.01. The molecule has 1 unspecified atom stereocenters. The van der Waals surface area contributed by atoms with Gasteiger partial charge in [-0.15, -0.1) is 0 Å². The van der Waals surface area contributed by atoms with Crippen LogP contribution in [0, 0.1) is 0 Å². The molecule has 3 amide bonds. The van der Waals surface area contributed by atoms with Crippen molar-refractivity contribution in [2.45, 2.75) is 57.1 Å². The van der Waals surface area contributed by atoms with E-state index in [2.05, 4.69) is 5.32 Å². The summed E-state index contributed by atoms with van der Waals surface area (Å²) >= 11 is 0. The summed E-state index contributed by atoms with van der Waals surface area (Å²) in [5, 5.41) is 2.68. The maximum absolute atomic E-state index is 13.2. The molecule has 2 aliphatic rings. The van der Waals surface area contributed by atoms with Crippen molar-refractivity contribution in [1.29, 1.82) is 0 Å². The third-order valence-electron chi connectivity index (χ3n) is 6.12. The van der Waals surface area contributed by atoms with E-state index in [0.29, 0.717) is 18.8 Å². The van der Waals surface area contributed by atoms with E-state index in [1.54, 1.807) is 24.3 Å². The summed E-state index contributed by atoms with van der Waals surface area (Å²) in [4.78, 5) is 39.7. The fraction of sp³-hybridized carbons (Fsp3) is 0.400. The normalized spacial score (nSPS) is 17.4. The fourth-order valence-corrected chi connectivity index (χ4v) is 5.84. The van der Waals surface area contributed by atoms with Gasteiger partial charge in [0.2, 0.25) is 15.9 Å². The van der Waals surface area contributed by atoms with E-state index in [4.69, 9.17) is 4.74 Å². The van der Waals surface area contributed by atoms with Gasteiger partial charge in [-0.2, -0.15) is 4.31 Å². The smallest absolute Gasteiger partial charge is 0.262 e. The summed E-state index contributed by atoms with van der Waals surface area (Å²) in [5.41, 5.74) is 0.649. The first kappa shape index (κ1) is 24.9. The first-order valence-corrected chi connectivity index (χ1v) is 13.1. The molecule has 10 heteroatoms. The van der Waals surface area contributed by atoms with Crippen LogP contribution >= 0.6 is 0 Å². The number of nitrogens with zero attached hydrogens (tertiary/aromatic N) is 2. The Morgan fingerprint density at radius 3 is 2.11 bits per heavy atom. The monoisotopic (exact) mass is 499 g/mol. The van der Waals surface area contributed by atoms with E-state index in [0.717, 1.165) is 24.2 Å². The number of piperidine rings is 1. The molecule has 1 N–H and O–H groups in total. The van der Waals surface area contributed by atoms with Gasteiger partial charge in [0.15, 0.2) is 0 Å². The number of hydrogen-bond donors (Lipinski definition) is 1. The van der Waals surface area contributed by atoms with Crippen LogP contribution < -0.4 is 10.1 Å². The second kappa shape index (κ2) is 9.79. The highest BCUT2D eigenvalue weighted by molar-refractivity contribution is 7.89.